The van der Waals surface area contributed by atoms with Gasteiger partial charge >= 0.3 is 5.97 Å². The summed E-state index contributed by atoms with van der Waals surface area (Å²) < 4.78 is 0. The zero-order chi connectivity index (χ0) is 22.1. The molecule has 1 aliphatic rings. The number of aromatic nitrogens is 2. The number of aromatic amines is 1. The largest absolute Gasteiger partial charge is 0.480 e. The Hall–Kier alpha value is -3.03. The summed E-state index contributed by atoms with van der Waals surface area (Å²) in [6, 6.07) is -4.57. The Kier molecular flexibility index (Phi) is 8.70. The fourth-order valence-electron chi connectivity index (χ4n) is 2.93. The van der Waals surface area contributed by atoms with Gasteiger partial charge in [0.15, 0.2) is 0 Å². The van der Waals surface area contributed by atoms with Crippen LogP contribution in [0.5, 0.6) is 0 Å². The minimum absolute atomic E-state index is 0.0639. The monoisotopic (exact) mass is 426 g/mol. The van der Waals surface area contributed by atoms with Gasteiger partial charge in [0.05, 0.1) is 25.6 Å². The predicted octanol–water partition coefficient (Wildman–Crippen LogP) is -3.77. The van der Waals surface area contributed by atoms with E-state index in [0.29, 0.717) is 18.7 Å². The number of rotatable bonds is 11. The summed E-state index contributed by atoms with van der Waals surface area (Å²) in [6.07, 6.45) is 4.14. The molecular weight excluding hydrogens is 400 g/mol. The number of carboxylic acids is 1. The van der Waals surface area contributed by atoms with E-state index in [1.165, 1.54) is 12.5 Å². The van der Waals surface area contributed by atoms with Crippen molar-refractivity contribution in [2.24, 2.45) is 0 Å². The summed E-state index contributed by atoms with van der Waals surface area (Å²) in [5.74, 6) is -3.57. The molecule has 4 unspecified atom stereocenters. The first-order valence-electron chi connectivity index (χ1n) is 9.42. The maximum atomic E-state index is 12.6. The van der Waals surface area contributed by atoms with Gasteiger partial charge in [0, 0.05) is 18.3 Å². The quantitative estimate of drug-likeness (QED) is 0.174. The van der Waals surface area contributed by atoms with Crippen LogP contribution in [0.1, 0.15) is 18.5 Å². The Morgan fingerprint density at radius 1 is 1.07 bits per heavy atom. The number of hydrogen-bond donors (Lipinski definition) is 8. The van der Waals surface area contributed by atoms with Crippen LogP contribution in [0.15, 0.2) is 12.5 Å². The standard InChI is InChI=1S/C17H26N6O7/c24-6-12(22-14(26)10-2-1-3-19-10)16(28)21-11(4-9-5-18-8-20-9)15(27)23-13(7-25)17(29)30/h5,8,10-13,19,24-25H,1-4,6-7H2,(H,18,20)(H,21,28)(H,22,26)(H,23,27)(H,29,30). The lowest BCUT2D eigenvalue weighted by molar-refractivity contribution is -0.143. The first-order valence-corrected chi connectivity index (χ1v) is 9.42. The number of amides is 3. The van der Waals surface area contributed by atoms with Crippen LogP contribution in [0.2, 0.25) is 0 Å². The summed E-state index contributed by atoms with van der Waals surface area (Å²) in [7, 11) is 0. The second-order valence-electron chi connectivity index (χ2n) is 6.82. The number of aliphatic hydroxyl groups excluding tert-OH is 2. The normalized spacial score (nSPS) is 18.8. The predicted molar refractivity (Wildman–Crippen MR) is 101 cm³/mol. The van der Waals surface area contributed by atoms with Crippen molar-refractivity contribution in [1.82, 2.24) is 31.2 Å². The number of nitrogens with zero attached hydrogens (tertiary/aromatic N) is 1. The summed E-state index contributed by atoms with van der Waals surface area (Å²) in [5.41, 5.74) is 0.478. The molecule has 0 radical (unpaired) electrons. The lowest BCUT2D eigenvalue weighted by Crippen LogP contribution is -2.58. The highest BCUT2D eigenvalue weighted by molar-refractivity contribution is 5.94. The average molecular weight is 426 g/mol. The third-order valence-electron chi connectivity index (χ3n) is 4.60. The molecule has 4 atom stereocenters. The number of carbonyl (C=O) groups excluding carboxylic acids is 3. The summed E-state index contributed by atoms with van der Waals surface area (Å²) in [6.45, 7) is -0.858. The molecule has 0 aromatic carbocycles. The zero-order valence-electron chi connectivity index (χ0n) is 16.1. The van der Waals surface area contributed by atoms with Gasteiger partial charge < -0.3 is 41.6 Å². The second-order valence-corrected chi connectivity index (χ2v) is 6.82. The van der Waals surface area contributed by atoms with Crippen LogP contribution in [0, 0.1) is 0 Å². The molecule has 1 aliphatic heterocycles. The lowest BCUT2D eigenvalue weighted by atomic mass is 10.1. The van der Waals surface area contributed by atoms with Crippen molar-refractivity contribution in [3.63, 3.8) is 0 Å². The Morgan fingerprint density at radius 3 is 2.27 bits per heavy atom. The number of nitrogens with one attached hydrogen (secondary N) is 5. The van der Waals surface area contributed by atoms with Crippen molar-refractivity contribution in [3.05, 3.63) is 18.2 Å². The van der Waals surface area contributed by atoms with Gasteiger partial charge in [-0.05, 0) is 19.4 Å². The van der Waals surface area contributed by atoms with E-state index < -0.39 is 61.1 Å². The second kappa shape index (κ2) is 11.2. The van der Waals surface area contributed by atoms with Crippen LogP contribution >= 0.6 is 0 Å². The molecule has 1 saturated heterocycles. The highest BCUT2D eigenvalue weighted by Crippen LogP contribution is 2.05. The minimum Gasteiger partial charge on any atom is -0.480 e. The minimum atomic E-state index is -1.56. The number of imidazole rings is 1. The summed E-state index contributed by atoms with van der Waals surface area (Å²) in [4.78, 5) is 55.0. The molecule has 3 amide bonds. The molecular formula is C17H26N6O7. The number of aliphatic hydroxyl groups is 2. The Bertz CT molecular complexity index is 735. The Labute approximate surface area is 171 Å². The summed E-state index contributed by atoms with van der Waals surface area (Å²) in [5, 5.41) is 37.6. The number of aliphatic carboxylic acids is 1. The van der Waals surface area contributed by atoms with Crippen LogP contribution in [-0.2, 0) is 25.6 Å². The van der Waals surface area contributed by atoms with Crippen molar-refractivity contribution in [2.75, 3.05) is 19.8 Å². The van der Waals surface area contributed by atoms with Crippen LogP contribution in [0.3, 0.4) is 0 Å². The van der Waals surface area contributed by atoms with Crippen LogP contribution in [-0.4, -0.2) is 92.9 Å². The molecule has 1 aromatic rings. The lowest BCUT2D eigenvalue weighted by Gasteiger charge is -2.23. The van der Waals surface area contributed by atoms with Crippen molar-refractivity contribution in [1.29, 1.82) is 0 Å². The number of carbonyl (C=O) groups is 4. The molecule has 2 heterocycles. The first-order chi connectivity index (χ1) is 14.3. The van der Waals surface area contributed by atoms with E-state index in [2.05, 4.69) is 31.2 Å². The van der Waals surface area contributed by atoms with Crippen LogP contribution < -0.4 is 21.3 Å². The van der Waals surface area contributed by atoms with Crippen LogP contribution in [0.25, 0.3) is 0 Å². The maximum absolute atomic E-state index is 12.6. The van der Waals surface area contributed by atoms with Gasteiger partial charge in [0.1, 0.15) is 18.1 Å². The zero-order valence-corrected chi connectivity index (χ0v) is 16.1. The molecule has 166 valence electrons. The Balaban J connectivity index is 2.06. The highest BCUT2D eigenvalue weighted by atomic mass is 16.4. The van der Waals surface area contributed by atoms with Crippen molar-refractivity contribution < 1.29 is 34.5 Å². The van der Waals surface area contributed by atoms with Gasteiger partial charge in [-0.15, -0.1) is 0 Å². The Morgan fingerprint density at radius 2 is 1.73 bits per heavy atom. The van der Waals surface area contributed by atoms with Gasteiger partial charge in [-0.3, -0.25) is 14.4 Å². The van der Waals surface area contributed by atoms with E-state index in [1.807, 2.05) is 0 Å². The van der Waals surface area contributed by atoms with Crippen molar-refractivity contribution >= 4 is 23.7 Å². The smallest absolute Gasteiger partial charge is 0.328 e. The number of carboxylic acid groups (broad SMARTS) is 1. The maximum Gasteiger partial charge on any atom is 0.328 e. The molecule has 0 aliphatic carbocycles. The number of hydrogen-bond acceptors (Lipinski definition) is 8. The van der Waals surface area contributed by atoms with E-state index in [1.54, 1.807) is 0 Å². The van der Waals surface area contributed by atoms with Crippen molar-refractivity contribution in [2.45, 2.75) is 43.4 Å². The number of H-pyrrole nitrogens is 1. The van der Waals surface area contributed by atoms with E-state index >= 15 is 0 Å². The fourth-order valence-corrected chi connectivity index (χ4v) is 2.93. The van der Waals surface area contributed by atoms with Crippen molar-refractivity contribution in [3.8, 4) is 0 Å². The molecule has 0 bridgehead atoms. The molecule has 13 nitrogen and oxygen atoms in total. The molecule has 0 spiro atoms. The third-order valence-corrected chi connectivity index (χ3v) is 4.60. The molecule has 8 N–H and O–H groups in total. The van der Waals surface area contributed by atoms with Gasteiger partial charge in [-0.2, -0.15) is 0 Å². The molecule has 13 heteroatoms. The van der Waals surface area contributed by atoms with E-state index in [0.717, 1.165) is 6.42 Å². The molecule has 1 fully saturated rings. The van der Waals surface area contributed by atoms with E-state index in [4.69, 9.17) is 10.2 Å². The fraction of sp³-hybridized carbons (Fsp3) is 0.588. The topological polar surface area (TPSA) is 206 Å². The third kappa shape index (κ3) is 6.50. The van der Waals surface area contributed by atoms with E-state index in [-0.39, 0.29) is 6.42 Å². The van der Waals surface area contributed by atoms with Gasteiger partial charge in [-0.25, -0.2) is 9.78 Å². The van der Waals surface area contributed by atoms with E-state index in [9.17, 15) is 24.3 Å². The van der Waals surface area contributed by atoms with Gasteiger partial charge in [0.25, 0.3) is 0 Å². The SMILES string of the molecule is O=C(O)C(CO)NC(=O)C(Cc1cnc[nH]1)NC(=O)C(CO)NC(=O)C1CCCN1. The molecule has 1 aromatic heterocycles. The molecule has 30 heavy (non-hydrogen) atoms. The molecule has 0 saturated carbocycles. The van der Waals surface area contributed by atoms with Crippen LogP contribution in [0.4, 0.5) is 0 Å². The van der Waals surface area contributed by atoms with Gasteiger partial charge in [0.2, 0.25) is 17.7 Å². The highest BCUT2D eigenvalue weighted by Gasteiger charge is 2.31. The molecule has 2 rings (SSSR count). The average Bonchev–Trinajstić information content (AvgIpc) is 3.43. The first kappa shape index (κ1) is 23.3. The van der Waals surface area contributed by atoms with Gasteiger partial charge in [-0.1, -0.05) is 0 Å². The summed E-state index contributed by atoms with van der Waals surface area (Å²) >= 11 is 0.